The first kappa shape index (κ1) is 15.7. The molecule has 0 spiro atoms. The maximum atomic E-state index is 11.9. The van der Waals surface area contributed by atoms with Gasteiger partial charge >= 0.3 is 0 Å². The van der Waals surface area contributed by atoms with Crippen LogP contribution in [-0.2, 0) is 4.79 Å². The van der Waals surface area contributed by atoms with Crippen molar-refractivity contribution in [2.45, 2.75) is 25.6 Å². The van der Waals surface area contributed by atoms with Crippen LogP contribution in [0.2, 0.25) is 0 Å². The molecule has 0 bridgehead atoms. The number of hydrogen-bond acceptors (Lipinski definition) is 2. The lowest BCUT2D eigenvalue weighted by molar-refractivity contribution is -0.116. The van der Waals surface area contributed by atoms with Gasteiger partial charge in [-0.2, -0.15) is 0 Å². The Hall–Kier alpha value is -1.36. The Kier molecular flexibility index (Phi) is 5.54. The second kappa shape index (κ2) is 6.70. The highest BCUT2D eigenvalue weighted by Gasteiger charge is 2.19. The normalized spacial score (nSPS) is 12.1. The lowest BCUT2D eigenvalue weighted by Crippen LogP contribution is -2.27. The van der Waals surface area contributed by atoms with Gasteiger partial charge in [0.2, 0.25) is 5.91 Å². The molecule has 19 heavy (non-hydrogen) atoms. The first-order valence-electron chi connectivity index (χ1n) is 6.14. The molecule has 1 rings (SSSR count). The molecule has 1 unspecified atom stereocenters. The lowest BCUT2D eigenvalue weighted by atomic mass is 10.1. The zero-order valence-corrected chi connectivity index (χ0v) is 13.2. The molecule has 1 aromatic rings. The smallest absolute Gasteiger partial charge is 0.251 e. The third-order valence-electron chi connectivity index (χ3n) is 2.81. The summed E-state index contributed by atoms with van der Waals surface area (Å²) in [5.41, 5.74) is 2.16. The van der Waals surface area contributed by atoms with Crippen molar-refractivity contribution >= 4 is 33.4 Å². The van der Waals surface area contributed by atoms with E-state index in [1.54, 1.807) is 25.2 Å². The maximum absolute atomic E-state index is 11.9. The summed E-state index contributed by atoms with van der Waals surface area (Å²) >= 11 is 3.36. The highest BCUT2D eigenvalue weighted by molar-refractivity contribution is 9.10. The van der Waals surface area contributed by atoms with E-state index in [4.69, 9.17) is 0 Å². The van der Waals surface area contributed by atoms with Gasteiger partial charge in [-0.05, 0) is 36.6 Å². The number of carbonyl (C=O) groups excluding carboxylic acids is 2. The van der Waals surface area contributed by atoms with Crippen molar-refractivity contribution < 1.29 is 9.59 Å². The van der Waals surface area contributed by atoms with Gasteiger partial charge in [-0.15, -0.1) is 0 Å². The fourth-order valence-corrected chi connectivity index (χ4v) is 1.71. The molecular weight excluding hydrogens is 308 g/mol. The van der Waals surface area contributed by atoms with Crippen LogP contribution >= 0.6 is 15.9 Å². The Morgan fingerprint density at radius 2 is 1.89 bits per heavy atom. The third kappa shape index (κ3) is 4.06. The fourth-order valence-electron chi connectivity index (χ4n) is 1.59. The number of anilines is 1. The van der Waals surface area contributed by atoms with Gasteiger partial charge in [-0.1, -0.05) is 29.8 Å². The van der Waals surface area contributed by atoms with Gasteiger partial charge in [0.25, 0.3) is 5.91 Å². The Morgan fingerprint density at radius 3 is 2.37 bits per heavy atom. The van der Waals surface area contributed by atoms with Gasteiger partial charge < -0.3 is 10.6 Å². The zero-order chi connectivity index (χ0) is 14.6. The topological polar surface area (TPSA) is 58.2 Å². The van der Waals surface area contributed by atoms with Gasteiger partial charge in [0.15, 0.2) is 0 Å². The van der Waals surface area contributed by atoms with Crippen molar-refractivity contribution in [2.24, 2.45) is 5.92 Å². The molecule has 1 atom stereocenters. The van der Waals surface area contributed by atoms with Gasteiger partial charge in [0.05, 0.1) is 4.83 Å². The molecule has 1 aromatic carbocycles. The Labute approximate surface area is 122 Å². The molecule has 0 aliphatic carbocycles. The predicted molar refractivity (Wildman–Crippen MR) is 80.8 cm³/mol. The van der Waals surface area contributed by atoms with Crippen molar-refractivity contribution in [3.63, 3.8) is 0 Å². The third-order valence-corrected chi connectivity index (χ3v) is 4.28. The van der Waals surface area contributed by atoms with Crippen LogP contribution < -0.4 is 10.6 Å². The minimum Gasteiger partial charge on any atom is -0.355 e. The summed E-state index contributed by atoms with van der Waals surface area (Å²) in [6, 6.07) is 5.20. The molecule has 0 saturated heterocycles. The number of amides is 2. The fraction of sp³-hybridized carbons (Fsp3) is 0.429. The summed E-state index contributed by atoms with van der Waals surface area (Å²) in [5, 5.41) is 5.43. The molecule has 0 aliphatic heterocycles. The van der Waals surface area contributed by atoms with E-state index in [1.165, 1.54) is 0 Å². The number of halogens is 1. The molecule has 0 fully saturated rings. The molecule has 0 aromatic heterocycles. The number of benzene rings is 1. The highest BCUT2D eigenvalue weighted by atomic mass is 79.9. The lowest BCUT2D eigenvalue weighted by Gasteiger charge is -2.15. The molecule has 4 nitrogen and oxygen atoms in total. The summed E-state index contributed by atoms with van der Waals surface area (Å²) in [6.45, 7) is 5.81. The second-order valence-electron chi connectivity index (χ2n) is 4.74. The molecule has 0 saturated carbocycles. The molecule has 5 heteroatoms. The van der Waals surface area contributed by atoms with E-state index in [9.17, 15) is 9.59 Å². The molecular formula is C14H19BrN2O2. The Morgan fingerprint density at radius 1 is 1.26 bits per heavy atom. The van der Waals surface area contributed by atoms with Crippen LogP contribution in [0.1, 0.15) is 29.8 Å². The number of rotatable bonds is 4. The van der Waals surface area contributed by atoms with Gasteiger partial charge in [0.1, 0.15) is 0 Å². The summed E-state index contributed by atoms with van der Waals surface area (Å²) in [6.07, 6.45) is 0. The van der Waals surface area contributed by atoms with Crippen molar-refractivity contribution in [1.82, 2.24) is 5.32 Å². The minimum absolute atomic E-state index is 0.0780. The van der Waals surface area contributed by atoms with Crippen molar-refractivity contribution in [1.29, 1.82) is 0 Å². The molecule has 104 valence electrons. The quantitative estimate of drug-likeness (QED) is 0.836. The molecule has 2 N–H and O–H groups in total. The van der Waals surface area contributed by atoms with E-state index in [0.29, 0.717) is 5.56 Å². The standard InChI is InChI=1S/C14H19BrN2O2/c1-8(2)12(15)14(19)17-11-6-5-10(7-9(11)3)13(18)16-4/h5-8,12H,1-4H3,(H,16,18)(H,17,19). The van der Waals surface area contributed by atoms with Gasteiger partial charge in [-0.3, -0.25) is 9.59 Å². The number of nitrogens with one attached hydrogen (secondary N) is 2. The molecule has 0 heterocycles. The molecule has 0 aliphatic rings. The largest absolute Gasteiger partial charge is 0.355 e. The van der Waals surface area contributed by atoms with Gasteiger partial charge in [0, 0.05) is 18.3 Å². The van der Waals surface area contributed by atoms with Crippen LogP contribution in [0, 0.1) is 12.8 Å². The number of aryl methyl sites for hydroxylation is 1. The van der Waals surface area contributed by atoms with E-state index < -0.39 is 0 Å². The number of hydrogen-bond donors (Lipinski definition) is 2. The number of carbonyl (C=O) groups is 2. The average molecular weight is 327 g/mol. The second-order valence-corrected chi connectivity index (χ2v) is 5.73. The van der Waals surface area contributed by atoms with E-state index in [-0.39, 0.29) is 22.6 Å². The SMILES string of the molecule is CNC(=O)c1ccc(NC(=O)C(Br)C(C)C)c(C)c1. The highest BCUT2D eigenvalue weighted by Crippen LogP contribution is 2.19. The van der Waals surface area contributed by atoms with Crippen molar-refractivity contribution in [3.8, 4) is 0 Å². The first-order chi connectivity index (χ1) is 8.86. The maximum Gasteiger partial charge on any atom is 0.251 e. The summed E-state index contributed by atoms with van der Waals surface area (Å²) < 4.78 is 0. The molecule has 0 radical (unpaired) electrons. The predicted octanol–water partition coefficient (Wildman–Crippen LogP) is 2.71. The van der Waals surface area contributed by atoms with E-state index in [1.807, 2.05) is 20.8 Å². The van der Waals surface area contributed by atoms with Crippen LogP contribution in [0.5, 0.6) is 0 Å². The average Bonchev–Trinajstić information content (AvgIpc) is 2.38. The van der Waals surface area contributed by atoms with Crippen LogP contribution in [0.3, 0.4) is 0 Å². The van der Waals surface area contributed by atoms with Crippen LogP contribution in [0.15, 0.2) is 18.2 Å². The van der Waals surface area contributed by atoms with Gasteiger partial charge in [-0.25, -0.2) is 0 Å². The minimum atomic E-state index is -0.231. The van der Waals surface area contributed by atoms with Crippen molar-refractivity contribution in [3.05, 3.63) is 29.3 Å². The first-order valence-corrected chi connectivity index (χ1v) is 7.06. The van der Waals surface area contributed by atoms with E-state index in [2.05, 4.69) is 26.6 Å². The van der Waals surface area contributed by atoms with Crippen LogP contribution in [0.25, 0.3) is 0 Å². The summed E-state index contributed by atoms with van der Waals surface area (Å²) in [5.74, 6) is -0.00207. The Balaban J connectivity index is 2.86. The van der Waals surface area contributed by atoms with Crippen LogP contribution in [0.4, 0.5) is 5.69 Å². The Bertz CT molecular complexity index is 486. The summed E-state index contributed by atoms with van der Waals surface area (Å²) in [7, 11) is 1.59. The van der Waals surface area contributed by atoms with Crippen LogP contribution in [-0.4, -0.2) is 23.7 Å². The molecule has 2 amide bonds. The summed E-state index contributed by atoms with van der Waals surface area (Å²) in [4.78, 5) is 23.2. The zero-order valence-electron chi connectivity index (χ0n) is 11.6. The van der Waals surface area contributed by atoms with E-state index >= 15 is 0 Å². The monoisotopic (exact) mass is 326 g/mol. The van der Waals surface area contributed by atoms with E-state index in [0.717, 1.165) is 11.3 Å². The number of alkyl halides is 1. The van der Waals surface area contributed by atoms with Crippen molar-refractivity contribution in [2.75, 3.05) is 12.4 Å².